The van der Waals surface area contributed by atoms with E-state index in [0.29, 0.717) is 19.3 Å². The fourth-order valence-corrected chi connectivity index (χ4v) is 9.98. The highest BCUT2D eigenvalue weighted by molar-refractivity contribution is 5.80. The summed E-state index contributed by atoms with van der Waals surface area (Å²) in [5.74, 6) is -1.19. The Kier molecular flexibility index (Phi) is 49.7. The average Bonchev–Trinajstić information content (AvgIpc) is 3.41. The Bertz CT molecular complexity index is 1360. The summed E-state index contributed by atoms with van der Waals surface area (Å²) < 4.78 is 17.6. The summed E-state index contributed by atoms with van der Waals surface area (Å²) in [6.07, 6.45) is 51.7. The minimum atomic E-state index is -1.61. The van der Waals surface area contributed by atoms with E-state index in [1.54, 1.807) is 6.08 Å². The molecule has 1 heterocycles. The summed E-state index contributed by atoms with van der Waals surface area (Å²) in [4.78, 5) is 26.5. The van der Waals surface area contributed by atoms with Crippen LogP contribution in [-0.4, -0.2) is 99.6 Å². The van der Waals surface area contributed by atoms with Gasteiger partial charge in [0.15, 0.2) is 12.4 Å². The Morgan fingerprint density at radius 1 is 0.520 bits per heavy atom. The number of esters is 1. The molecule has 0 aromatic heterocycles. The van der Waals surface area contributed by atoms with E-state index in [9.17, 15) is 35.1 Å². The average molecular weight is 1060 g/mol. The summed E-state index contributed by atoms with van der Waals surface area (Å²) in [5, 5.41) is 57.0. The van der Waals surface area contributed by atoms with E-state index < -0.39 is 67.4 Å². The number of amides is 1. The van der Waals surface area contributed by atoms with Gasteiger partial charge in [0.2, 0.25) is 5.91 Å². The lowest BCUT2D eigenvalue weighted by molar-refractivity contribution is -0.305. The first-order valence-corrected chi connectivity index (χ1v) is 31.8. The minimum Gasteiger partial charge on any atom is -0.454 e. The normalized spacial score (nSPS) is 19.4. The van der Waals surface area contributed by atoms with Crippen LogP contribution in [0.4, 0.5) is 0 Å². The number of aliphatic hydroxyl groups is 5. The molecule has 75 heavy (non-hydrogen) atoms. The third kappa shape index (κ3) is 40.7. The molecular weight excluding hydrogens is 943 g/mol. The van der Waals surface area contributed by atoms with Crippen molar-refractivity contribution in [3.8, 4) is 0 Å². The Hall–Kier alpha value is -2.12. The van der Waals surface area contributed by atoms with Crippen LogP contribution in [0.25, 0.3) is 0 Å². The van der Waals surface area contributed by atoms with Gasteiger partial charge in [-0.05, 0) is 57.8 Å². The van der Waals surface area contributed by atoms with E-state index >= 15 is 0 Å². The Labute approximate surface area is 460 Å². The van der Waals surface area contributed by atoms with E-state index in [2.05, 4.69) is 50.4 Å². The zero-order valence-corrected chi connectivity index (χ0v) is 48.7. The van der Waals surface area contributed by atoms with Crippen LogP contribution >= 0.6 is 0 Å². The second-order valence-corrected chi connectivity index (χ2v) is 22.1. The zero-order valence-electron chi connectivity index (χ0n) is 48.7. The molecule has 1 amide bonds. The van der Waals surface area contributed by atoms with Crippen molar-refractivity contribution in [2.75, 3.05) is 13.2 Å². The molecule has 6 N–H and O–H groups in total. The van der Waals surface area contributed by atoms with Crippen LogP contribution in [-0.2, 0) is 23.8 Å². The van der Waals surface area contributed by atoms with Crippen molar-refractivity contribution in [3.63, 3.8) is 0 Å². The van der Waals surface area contributed by atoms with Crippen LogP contribution in [0, 0.1) is 0 Å². The lowest BCUT2D eigenvalue weighted by Crippen LogP contribution is -2.61. The van der Waals surface area contributed by atoms with Gasteiger partial charge in [0.05, 0.1) is 25.4 Å². The molecule has 1 fully saturated rings. The Balaban J connectivity index is 2.67. The third-order valence-electron chi connectivity index (χ3n) is 15.0. The number of carbonyl (C=O) groups excluding carboxylic acids is 2. The summed E-state index contributed by atoms with van der Waals surface area (Å²) in [5.41, 5.74) is 0. The van der Waals surface area contributed by atoms with Crippen molar-refractivity contribution in [2.45, 2.75) is 346 Å². The molecule has 0 radical (unpaired) electrons. The van der Waals surface area contributed by atoms with Gasteiger partial charge in [0.25, 0.3) is 0 Å². The Morgan fingerprint density at radius 2 is 0.920 bits per heavy atom. The van der Waals surface area contributed by atoms with Gasteiger partial charge in [-0.3, -0.25) is 9.59 Å². The second-order valence-electron chi connectivity index (χ2n) is 22.1. The first kappa shape index (κ1) is 70.9. The fourth-order valence-electron chi connectivity index (χ4n) is 9.98. The van der Waals surface area contributed by atoms with E-state index in [-0.39, 0.29) is 13.0 Å². The van der Waals surface area contributed by atoms with Gasteiger partial charge in [0.1, 0.15) is 24.4 Å². The number of aliphatic hydroxyl groups excluding tert-OH is 5. The predicted octanol–water partition coefficient (Wildman–Crippen LogP) is 15.1. The molecule has 0 aliphatic carbocycles. The third-order valence-corrected chi connectivity index (χ3v) is 15.0. The molecule has 8 unspecified atom stereocenters. The van der Waals surface area contributed by atoms with Crippen LogP contribution in [0.5, 0.6) is 0 Å². The summed E-state index contributed by atoms with van der Waals surface area (Å²) >= 11 is 0. The topological polar surface area (TPSA) is 175 Å². The Morgan fingerprint density at radius 3 is 1.39 bits per heavy atom. The molecule has 1 saturated heterocycles. The van der Waals surface area contributed by atoms with E-state index in [4.69, 9.17) is 14.2 Å². The van der Waals surface area contributed by atoms with Crippen LogP contribution in [0.2, 0.25) is 0 Å². The van der Waals surface area contributed by atoms with Crippen molar-refractivity contribution in [1.29, 1.82) is 0 Å². The molecule has 0 aromatic carbocycles. The molecule has 0 spiro atoms. The van der Waals surface area contributed by atoms with Gasteiger partial charge in [-0.15, -0.1) is 0 Å². The monoisotopic (exact) mass is 1060 g/mol. The molecule has 1 aliphatic heterocycles. The highest BCUT2D eigenvalue weighted by atomic mass is 16.7. The molecule has 0 bridgehead atoms. The molecule has 0 saturated carbocycles. The number of ether oxygens (including phenoxy) is 3. The molecule has 0 aromatic rings. The highest BCUT2D eigenvalue weighted by Crippen LogP contribution is 2.26. The zero-order chi connectivity index (χ0) is 54.7. The first-order valence-electron chi connectivity index (χ1n) is 31.8. The van der Waals surface area contributed by atoms with Crippen molar-refractivity contribution in [2.24, 2.45) is 0 Å². The summed E-state index contributed by atoms with van der Waals surface area (Å²) in [7, 11) is 0. The van der Waals surface area contributed by atoms with Crippen LogP contribution in [0.3, 0.4) is 0 Å². The number of hydrogen-bond donors (Lipinski definition) is 6. The molecule has 440 valence electrons. The lowest BCUT2D eigenvalue weighted by Gasteiger charge is -2.41. The van der Waals surface area contributed by atoms with Crippen molar-refractivity contribution in [3.05, 3.63) is 36.5 Å². The standard InChI is InChI=1S/C64H119NO10/c1-4-7-10-13-16-19-22-25-27-28-29-30-31-34-37-40-43-46-49-52-59(69)75-62-61(71)60(70)58(53-66)74-64(62)73-54-55(56(67)50-47-44-41-38-35-32-24-21-18-15-12-9-6-3)65-63(72)57(68)51-48-45-42-39-36-33-26-23-20-17-14-11-8-5-2/h16,19,25,27,47,50,55-58,60-62,64,66-68,70-71H,4-15,17-18,20-24,26,28-46,48-49,51-54H2,1-3H3,(H,65,72)/b19-16-,27-25-,50-47+. The SMILES string of the molecule is CCCCC/C=C\C/C=C\CCCCCCCCCCCC(=O)OC1C(OCC(NC(=O)C(O)CCCCCCCCCCCCCCCC)C(O)/C=C/CCCCCCCCCCCCC)OC(CO)C(O)C1O. The molecule has 11 heteroatoms. The number of carbonyl (C=O) groups is 2. The van der Waals surface area contributed by atoms with Crippen molar-refractivity contribution >= 4 is 11.9 Å². The fraction of sp³-hybridized carbons (Fsp3) is 0.875. The van der Waals surface area contributed by atoms with Crippen molar-refractivity contribution < 1.29 is 49.3 Å². The van der Waals surface area contributed by atoms with Gasteiger partial charge >= 0.3 is 5.97 Å². The smallest absolute Gasteiger partial charge is 0.306 e. The number of rotatable bonds is 54. The number of nitrogens with one attached hydrogen (secondary N) is 1. The van der Waals surface area contributed by atoms with Gasteiger partial charge in [0, 0.05) is 6.42 Å². The minimum absolute atomic E-state index is 0.121. The largest absolute Gasteiger partial charge is 0.454 e. The first-order chi connectivity index (χ1) is 36.7. The number of unbranched alkanes of at least 4 members (excludes halogenated alkanes) is 36. The van der Waals surface area contributed by atoms with E-state index in [0.717, 1.165) is 70.6 Å². The van der Waals surface area contributed by atoms with Gasteiger partial charge < -0.3 is 45.1 Å². The predicted molar refractivity (Wildman–Crippen MR) is 311 cm³/mol. The van der Waals surface area contributed by atoms with Gasteiger partial charge in [-0.25, -0.2) is 0 Å². The van der Waals surface area contributed by atoms with Crippen molar-refractivity contribution in [1.82, 2.24) is 5.32 Å². The maximum absolute atomic E-state index is 13.4. The van der Waals surface area contributed by atoms with Crippen LogP contribution in [0.15, 0.2) is 36.5 Å². The maximum Gasteiger partial charge on any atom is 0.306 e. The van der Waals surface area contributed by atoms with Gasteiger partial charge in [-0.2, -0.15) is 0 Å². The second kappa shape index (κ2) is 52.6. The van der Waals surface area contributed by atoms with Crippen LogP contribution in [0.1, 0.15) is 297 Å². The van der Waals surface area contributed by atoms with E-state index in [1.807, 2.05) is 6.08 Å². The lowest BCUT2D eigenvalue weighted by atomic mass is 9.99. The molecule has 11 nitrogen and oxygen atoms in total. The summed E-state index contributed by atoms with van der Waals surface area (Å²) in [6.45, 7) is 5.79. The summed E-state index contributed by atoms with van der Waals surface area (Å²) in [6, 6.07) is -1.02. The van der Waals surface area contributed by atoms with Crippen LogP contribution < -0.4 is 5.32 Å². The number of allylic oxidation sites excluding steroid dienone is 5. The highest BCUT2D eigenvalue weighted by Gasteiger charge is 2.47. The molecule has 1 aliphatic rings. The number of hydrogen-bond acceptors (Lipinski definition) is 10. The quantitative estimate of drug-likeness (QED) is 0.0195. The van der Waals surface area contributed by atoms with Gasteiger partial charge in [-0.1, -0.05) is 269 Å². The van der Waals surface area contributed by atoms with E-state index in [1.165, 1.54) is 180 Å². The molecular formula is C64H119NO10. The molecule has 8 atom stereocenters. The molecule has 1 rings (SSSR count). The maximum atomic E-state index is 13.4.